The van der Waals surface area contributed by atoms with Crippen molar-refractivity contribution in [1.29, 1.82) is 0 Å². The Kier molecular flexibility index (Phi) is 3.78. The molecule has 0 atom stereocenters. The maximum Gasteiger partial charge on any atom is 0.266 e. The summed E-state index contributed by atoms with van der Waals surface area (Å²) >= 11 is 0. The maximum absolute atomic E-state index is 12.7. The molecular weight excluding hydrogens is 286 g/mol. The number of benzene rings is 1. The third kappa shape index (κ3) is 2.65. The van der Waals surface area contributed by atoms with E-state index in [1.54, 1.807) is 48.7 Å². The number of fused-ring (bicyclic) bond motifs is 1. The highest BCUT2D eigenvalue weighted by atomic mass is 19.3. The van der Waals surface area contributed by atoms with E-state index in [0.29, 0.717) is 16.9 Å². The van der Waals surface area contributed by atoms with Crippen molar-refractivity contribution in [3.8, 4) is 5.82 Å². The monoisotopic (exact) mass is 298 g/mol. The molecule has 0 saturated heterocycles. The molecule has 110 valence electrons. The van der Waals surface area contributed by atoms with Crippen LogP contribution in [0.4, 0.5) is 8.78 Å². The first kappa shape index (κ1) is 14.1. The molecule has 5 heteroatoms. The Labute approximate surface area is 125 Å². The van der Waals surface area contributed by atoms with Gasteiger partial charge in [-0.25, -0.2) is 4.98 Å². The lowest BCUT2D eigenvalue weighted by Crippen LogP contribution is -2.22. The van der Waals surface area contributed by atoms with E-state index >= 15 is 0 Å². The Bertz CT molecular complexity index is 897. The average Bonchev–Trinajstić information content (AvgIpc) is 2.54. The summed E-state index contributed by atoms with van der Waals surface area (Å²) in [6.07, 6.45) is 0.544. The van der Waals surface area contributed by atoms with Crippen LogP contribution in [-0.2, 0) is 6.42 Å². The van der Waals surface area contributed by atoms with Crippen molar-refractivity contribution in [2.24, 2.45) is 0 Å². The summed E-state index contributed by atoms with van der Waals surface area (Å²) in [5.74, 6) is 0.418. The van der Waals surface area contributed by atoms with Crippen molar-refractivity contribution in [2.75, 3.05) is 0 Å². The van der Waals surface area contributed by atoms with Crippen molar-refractivity contribution in [2.45, 2.75) is 6.42 Å². The molecule has 0 saturated carbocycles. The molecule has 3 aromatic rings. The van der Waals surface area contributed by atoms with Crippen LogP contribution in [0.3, 0.4) is 0 Å². The fraction of sp³-hybridized carbons (Fsp3) is 0.0588. The molecule has 0 bridgehead atoms. The van der Waals surface area contributed by atoms with Crippen molar-refractivity contribution in [3.05, 3.63) is 82.9 Å². The van der Waals surface area contributed by atoms with Gasteiger partial charge >= 0.3 is 0 Å². The van der Waals surface area contributed by atoms with Gasteiger partial charge in [-0.15, -0.1) is 0 Å². The number of halogens is 2. The van der Waals surface area contributed by atoms with Gasteiger partial charge in [0.1, 0.15) is 5.82 Å². The summed E-state index contributed by atoms with van der Waals surface area (Å²) in [7, 11) is 0. The summed E-state index contributed by atoms with van der Waals surface area (Å²) in [5.41, 5.74) is 0.203. The fourth-order valence-corrected chi connectivity index (χ4v) is 2.38. The van der Waals surface area contributed by atoms with E-state index < -0.39 is 6.08 Å². The predicted molar refractivity (Wildman–Crippen MR) is 81.3 cm³/mol. The maximum atomic E-state index is 12.7. The molecule has 0 spiro atoms. The molecule has 3 nitrogen and oxygen atoms in total. The smallest absolute Gasteiger partial charge is 0.266 e. The Hall–Kier alpha value is -2.82. The van der Waals surface area contributed by atoms with Gasteiger partial charge in [-0.05, 0) is 35.7 Å². The van der Waals surface area contributed by atoms with Gasteiger partial charge in [-0.1, -0.05) is 24.3 Å². The highest BCUT2D eigenvalue weighted by Crippen LogP contribution is 2.16. The highest BCUT2D eigenvalue weighted by Gasteiger charge is 2.11. The summed E-state index contributed by atoms with van der Waals surface area (Å²) in [4.78, 5) is 16.9. The molecule has 3 rings (SSSR count). The molecule has 0 aliphatic rings. The SMILES string of the molecule is O=c1c2ccccc2cc(CC=C(F)F)n1-c1ccccn1. The molecule has 0 aliphatic heterocycles. The fourth-order valence-electron chi connectivity index (χ4n) is 2.38. The zero-order valence-electron chi connectivity index (χ0n) is 11.5. The minimum absolute atomic E-state index is 0.0427. The van der Waals surface area contributed by atoms with Gasteiger partial charge < -0.3 is 0 Å². The van der Waals surface area contributed by atoms with Crippen LogP contribution in [0.15, 0.2) is 71.7 Å². The van der Waals surface area contributed by atoms with Gasteiger partial charge in [-0.3, -0.25) is 9.36 Å². The van der Waals surface area contributed by atoms with Gasteiger partial charge in [-0.2, -0.15) is 8.78 Å². The lowest BCUT2D eigenvalue weighted by atomic mass is 10.1. The Morgan fingerprint density at radius 1 is 1.14 bits per heavy atom. The molecule has 0 amide bonds. The highest BCUT2D eigenvalue weighted by molar-refractivity contribution is 5.82. The third-order valence-electron chi connectivity index (χ3n) is 3.35. The summed E-state index contributed by atoms with van der Waals surface area (Å²) in [6.45, 7) is 0. The lowest BCUT2D eigenvalue weighted by Gasteiger charge is -2.12. The van der Waals surface area contributed by atoms with Crippen LogP contribution >= 0.6 is 0 Å². The molecule has 22 heavy (non-hydrogen) atoms. The first-order chi connectivity index (χ1) is 10.7. The minimum atomic E-state index is -1.77. The van der Waals surface area contributed by atoms with E-state index in [1.807, 2.05) is 6.07 Å². The van der Waals surface area contributed by atoms with Gasteiger partial charge in [0.25, 0.3) is 11.6 Å². The van der Waals surface area contributed by atoms with Crippen LogP contribution in [0, 0.1) is 0 Å². The first-order valence-corrected chi connectivity index (χ1v) is 6.73. The number of allylic oxidation sites excluding steroid dienone is 1. The Balaban J connectivity index is 2.31. The number of pyridine rings is 2. The van der Waals surface area contributed by atoms with Crippen LogP contribution in [0.2, 0.25) is 0 Å². The second kappa shape index (κ2) is 5.89. The van der Waals surface area contributed by atoms with E-state index in [1.165, 1.54) is 4.57 Å². The van der Waals surface area contributed by atoms with Crippen molar-refractivity contribution in [1.82, 2.24) is 9.55 Å². The van der Waals surface area contributed by atoms with Crippen LogP contribution in [0.25, 0.3) is 16.6 Å². The summed E-state index contributed by atoms with van der Waals surface area (Å²) in [5, 5.41) is 1.25. The Morgan fingerprint density at radius 2 is 1.91 bits per heavy atom. The van der Waals surface area contributed by atoms with Crippen molar-refractivity contribution < 1.29 is 8.78 Å². The second-order valence-corrected chi connectivity index (χ2v) is 4.75. The lowest BCUT2D eigenvalue weighted by molar-refractivity contribution is 0.418. The van der Waals surface area contributed by atoms with Gasteiger partial charge in [0.15, 0.2) is 0 Å². The van der Waals surface area contributed by atoms with Gasteiger partial charge in [0.2, 0.25) is 0 Å². The molecule has 0 aliphatic carbocycles. The van der Waals surface area contributed by atoms with E-state index in [2.05, 4.69) is 4.98 Å². The normalized spacial score (nSPS) is 10.6. The standard InChI is InChI=1S/C17H12F2N2O/c18-15(19)9-8-13-11-12-5-1-2-6-14(12)17(22)21(13)16-7-3-4-10-20-16/h1-7,9-11H,8H2. The van der Waals surface area contributed by atoms with Gasteiger partial charge in [0.05, 0.1) is 0 Å². The largest absolute Gasteiger partial charge is 0.268 e. The topological polar surface area (TPSA) is 34.9 Å². The van der Waals surface area contributed by atoms with Crippen molar-refractivity contribution in [3.63, 3.8) is 0 Å². The first-order valence-electron chi connectivity index (χ1n) is 6.73. The zero-order chi connectivity index (χ0) is 15.5. The number of rotatable bonds is 3. The van der Waals surface area contributed by atoms with E-state index in [0.717, 1.165) is 11.5 Å². The second-order valence-electron chi connectivity index (χ2n) is 4.75. The van der Waals surface area contributed by atoms with Crippen LogP contribution in [0.5, 0.6) is 0 Å². The molecule has 0 fully saturated rings. The van der Waals surface area contributed by atoms with Crippen LogP contribution in [-0.4, -0.2) is 9.55 Å². The predicted octanol–water partition coefficient (Wildman–Crippen LogP) is 3.71. The van der Waals surface area contributed by atoms with Gasteiger partial charge in [0, 0.05) is 23.7 Å². The number of nitrogens with zero attached hydrogens (tertiary/aromatic N) is 2. The van der Waals surface area contributed by atoms with Crippen molar-refractivity contribution >= 4 is 10.8 Å². The molecule has 1 aromatic carbocycles. The number of hydrogen-bond acceptors (Lipinski definition) is 2. The summed E-state index contributed by atoms with van der Waals surface area (Å²) < 4.78 is 26.2. The summed E-state index contributed by atoms with van der Waals surface area (Å²) in [6, 6.07) is 14.0. The third-order valence-corrected chi connectivity index (χ3v) is 3.35. The quantitative estimate of drug-likeness (QED) is 0.739. The number of hydrogen-bond donors (Lipinski definition) is 0. The Morgan fingerprint density at radius 3 is 2.64 bits per heavy atom. The zero-order valence-corrected chi connectivity index (χ0v) is 11.5. The molecule has 0 radical (unpaired) electrons. The molecule has 0 N–H and O–H groups in total. The average molecular weight is 298 g/mol. The molecule has 2 aromatic heterocycles. The molecular formula is C17H12F2N2O. The molecule has 0 unspecified atom stereocenters. The molecule has 2 heterocycles. The number of aromatic nitrogens is 2. The van der Waals surface area contributed by atoms with E-state index in [4.69, 9.17) is 0 Å². The minimum Gasteiger partial charge on any atom is -0.268 e. The van der Waals surface area contributed by atoms with E-state index in [-0.39, 0.29) is 12.0 Å². The van der Waals surface area contributed by atoms with E-state index in [9.17, 15) is 13.6 Å². The van der Waals surface area contributed by atoms with Crippen LogP contribution < -0.4 is 5.56 Å². The van der Waals surface area contributed by atoms with Crippen LogP contribution in [0.1, 0.15) is 5.69 Å².